The summed E-state index contributed by atoms with van der Waals surface area (Å²) in [6.07, 6.45) is 2.34. The Hall–Kier alpha value is -1.88. The van der Waals surface area contributed by atoms with E-state index in [2.05, 4.69) is 15.6 Å². The van der Waals surface area contributed by atoms with Crippen LogP contribution in [0.2, 0.25) is 0 Å². The fourth-order valence-electron chi connectivity index (χ4n) is 1.71. The number of nitrogens with zero attached hydrogens (tertiary/aromatic N) is 1. The Balaban J connectivity index is 2.08. The number of aromatic nitrogens is 1. The van der Waals surface area contributed by atoms with Crippen molar-refractivity contribution < 1.29 is 4.79 Å². The highest BCUT2D eigenvalue weighted by Crippen LogP contribution is 2.24. The number of carbonyl (C=O) groups is 1. The van der Waals surface area contributed by atoms with Crippen molar-refractivity contribution in [3.05, 3.63) is 40.3 Å². The van der Waals surface area contributed by atoms with Crippen molar-refractivity contribution in [2.75, 3.05) is 10.6 Å². The van der Waals surface area contributed by atoms with Gasteiger partial charge >= 0.3 is 0 Å². The highest BCUT2D eigenvalue weighted by atomic mass is 32.1. The molecule has 2 aromatic rings. The van der Waals surface area contributed by atoms with Crippen LogP contribution in [-0.2, 0) is 11.3 Å². The molecule has 0 saturated heterocycles. The summed E-state index contributed by atoms with van der Waals surface area (Å²) in [7, 11) is 0. The zero-order valence-electron chi connectivity index (χ0n) is 11.1. The zero-order valence-corrected chi connectivity index (χ0v) is 11.9. The molecule has 100 valence electrons. The molecule has 1 amide bonds. The Kier molecular flexibility index (Phi) is 4.52. The van der Waals surface area contributed by atoms with E-state index in [0.717, 1.165) is 23.5 Å². The van der Waals surface area contributed by atoms with Gasteiger partial charge in [0.15, 0.2) is 0 Å². The molecular formula is C14H17N3OS. The van der Waals surface area contributed by atoms with Crippen molar-refractivity contribution in [3.63, 3.8) is 0 Å². The van der Waals surface area contributed by atoms with Gasteiger partial charge in [0.25, 0.3) is 0 Å². The molecular weight excluding hydrogens is 258 g/mol. The SMILES string of the molecule is CCC(=O)Nc1cccc(NCc2cncs2)c1C. The topological polar surface area (TPSA) is 54.0 Å². The molecule has 1 aromatic heterocycles. The van der Waals surface area contributed by atoms with Gasteiger partial charge in [0.1, 0.15) is 0 Å². The molecule has 0 radical (unpaired) electrons. The Morgan fingerprint density at radius 1 is 1.37 bits per heavy atom. The van der Waals surface area contributed by atoms with Crippen LogP contribution in [-0.4, -0.2) is 10.9 Å². The minimum absolute atomic E-state index is 0.0303. The number of nitrogens with one attached hydrogen (secondary N) is 2. The number of benzene rings is 1. The van der Waals surface area contributed by atoms with Crippen LogP contribution in [0.3, 0.4) is 0 Å². The summed E-state index contributed by atoms with van der Waals surface area (Å²) in [6, 6.07) is 5.87. The van der Waals surface area contributed by atoms with Crippen molar-refractivity contribution in [1.29, 1.82) is 0 Å². The van der Waals surface area contributed by atoms with E-state index in [1.807, 2.05) is 43.8 Å². The monoisotopic (exact) mass is 275 g/mol. The third-order valence-corrected chi connectivity index (χ3v) is 3.65. The second kappa shape index (κ2) is 6.33. The molecule has 1 aromatic carbocycles. The van der Waals surface area contributed by atoms with E-state index >= 15 is 0 Å². The lowest BCUT2D eigenvalue weighted by atomic mass is 10.1. The Morgan fingerprint density at radius 3 is 2.84 bits per heavy atom. The largest absolute Gasteiger partial charge is 0.380 e. The van der Waals surface area contributed by atoms with Crippen LogP contribution in [0.25, 0.3) is 0 Å². The van der Waals surface area contributed by atoms with Gasteiger partial charge in [0.05, 0.1) is 12.1 Å². The average Bonchev–Trinajstić information content (AvgIpc) is 2.93. The molecule has 0 atom stereocenters. The summed E-state index contributed by atoms with van der Waals surface area (Å²) >= 11 is 1.62. The van der Waals surface area contributed by atoms with E-state index in [-0.39, 0.29) is 5.91 Å². The first-order valence-electron chi connectivity index (χ1n) is 6.21. The third kappa shape index (κ3) is 3.54. The van der Waals surface area contributed by atoms with E-state index in [0.29, 0.717) is 6.42 Å². The Bertz CT molecular complexity index is 552. The molecule has 0 aliphatic rings. The van der Waals surface area contributed by atoms with Crippen LogP contribution in [0.15, 0.2) is 29.9 Å². The van der Waals surface area contributed by atoms with Crippen LogP contribution in [0.1, 0.15) is 23.8 Å². The maximum atomic E-state index is 11.5. The highest BCUT2D eigenvalue weighted by molar-refractivity contribution is 7.09. The van der Waals surface area contributed by atoms with Crippen molar-refractivity contribution in [1.82, 2.24) is 4.98 Å². The first-order valence-corrected chi connectivity index (χ1v) is 7.09. The van der Waals surface area contributed by atoms with Crippen LogP contribution in [0.4, 0.5) is 11.4 Å². The van der Waals surface area contributed by atoms with Crippen LogP contribution in [0, 0.1) is 6.92 Å². The molecule has 0 aliphatic carbocycles. The maximum Gasteiger partial charge on any atom is 0.224 e. The van der Waals surface area contributed by atoms with Crippen molar-refractivity contribution in [3.8, 4) is 0 Å². The number of hydrogen-bond acceptors (Lipinski definition) is 4. The lowest BCUT2D eigenvalue weighted by Crippen LogP contribution is -2.11. The number of anilines is 2. The van der Waals surface area contributed by atoms with Gasteiger partial charge in [0.2, 0.25) is 5.91 Å². The summed E-state index contributed by atoms with van der Waals surface area (Å²) < 4.78 is 0. The summed E-state index contributed by atoms with van der Waals surface area (Å²) in [5, 5.41) is 6.27. The summed E-state index contributed by atoms with van der Waals surface area (Å²) in [4.78, 5) is 16.7. The fraction of sp³-hybridized carbons (Fsp3) is 0.286. The lowest BCUT2D eigenvalue weighted by Gasteiger charge is -2.13. The van der Waals surface area contributed by atoms with Crippen LogP contribution >= 0.6 is 11.3 Å². The molecule has 0 unspecified atom stereocenters. The standard InChI is InChI=1S/C14H17N3OS/c1-3-14(18)17-13-6-4-5-12(10(13)2)16-8-11-7-15-9-19-11/h4-7,9,16H,3,8H2,1-2H3,(H,17,18). The molecule has 4 nitrogen and oxygen atoms in total. The molecule has 1 heterocycles. The second-order valence-electron chi connectivity index (χ2n) is 4.20. The summed E-state index contributed by atoms with van der Waals surface area (Å²) in [5.41, 5.74) is 4.76. The molecule has 2 rings (SSSR count). The van der Waals surface area contributed by atoms with Gasteiger partial charge in [-0.2, -0.15) is 0 Å². The van der Waals surface area contributed by atoms with E-state index in [1.54, 1.807) is 11.3 Å². The van der Waals surface area contributed by atoms with Gasteiger partial charge in [-0.1, -0.05) is 13.0 Å². The summed E-state index contributed by atoms with van der Waals surface area (Å²) in [6.45, 7) is 4.59. The van der Waals surface area contributed by atoms with Crippen molar-refractivity contribution >= 4 is 28.6 Å². The average molecular weight is 275 g/mol. The third-order valence-electron chi connectivity index (χ3n) is 2.87. The normalized spacial score (nSPS) is 10.2. The minimum atomic E-state index is 0.0303. The van der Waals surface area contributed by atoms with Gasteiger partial charge in [-0.25, -0.2) is 0 Å². The molecule has 19 heavy (non-hydrogen) atoms. The van der Waals surface area contributed by atoms with E-state index in [9.17, 15) is 4.79 Å². The molecule has 0 spiro atoms. The van der Waals surface area contributed by atoms with Crippen LogP contribution in [0.5, 0.6) is 0 Å². The molecule has 2 N–H and O–H groups in total. The van der Waals surface area contributed by atoms with Gasteiger partial charge in [-0.05, 0) is 24.6 Å². The first-order chi connectivity index (χ1) is 9.20. The van der Waals surface area contributed by atoms with Gasteiger partial charge in [-0.3, -0.25) is 9.78 Å². The lowest BCUT2D eigenvalue weighted by molar-refractivity contribution is -0.115. The highest BCUT2D eigenvalue weighted by Gasteiger charge is 2.06. The number of hydrogen-bond donors (Lipinski definition) is 2. The fourth-order valence-corrected chi connectivity index (χ4v) is 2.25. The smallest absolute Gasteiger partial charge is 0.224 e. The quantitative estimate of drug-likeness (QED) is 0.879. The van der Waals surface area contributed by atoms with E-state index in [4.69, 9.17) is 0 Å². The predicted octanol–water partition coefficient (Wildman–Crippen LogP) is 3.41. The van der Waals surface area contributed by atoms with Crippen molar-refractivity contribution in [2.45, 2.75) is 26.8 Å². The number of thiazole rings is 1. The van der Waals surface area contributed by atoms with Gasteiger partial charge in [-0.15, -0.1) is 11.3 Å². The molecule has 0 saturated carbocycles. The Morgan fingerprint density at radius 2 is 2.16 bits per heavy atom. The van der Waals surface area contributed by atoms with Crippen LogP contribution < -0.4 is 10.6 Å². The number of rotatable bonds is 5. The maximum absolute atomic E-state index is 11.5. The second-order valence-corrected chi connectivity index (χ2v) is 5.17. The minimum Gasteiger partial charge on any atom is -0.380 e. The number of carbonyl (C=O) groups excluding carboxylic acids is 1. The Labute approximate surface area is 116 Å². The number of amides is 1. The summed E-state index contributed by atoms with van der Waals surface area (Å²) in [5.74, 6) is 0.0303. The zero-order chi connectivity index (χ0) is 13.7. The molecule has 0 aliphatic heterocycles. The van der Waals surface area contributed by atoms with Gasteiger partial charge in [0, 0.05) is 28.9 Å². The van der Waals surface area contributed by atoms with Crippen molar-refractivity contribution in [2.24, 2.45) is 0 Å². The van der Waals surface area contributed by atoms with E-state index in [1.165, 1.54) is 4.88 Å². The van der Waals surface area contributed by atoms with Gasteiger partial charge < -0.3 is 10.6 Å². The first kappa shape index (κ1) is 13.5. The molecule has 0 bridgehead atoms. The molecule has 5 heteroatoms. The van der Waals surface area contributed by atoms with E-state index < -0.39 is 0 Å². The molecule has 0 fully saturated rings. The predicted molar refractivity (Wildman–Crippen MR) is 79.5 cm³/mol.